The van der Waals surface area contributed by atoms with Crippen LogP contribution in [0.3, 0.4) is 0 Å². The van der Waals surface area contributed by atoms with Gasteiger partial charge in [-0.15, -0.1) is 0 Å². The number of H-pyrrole nitrogens is 1. The Kier molecular flexibility index (Phi) is 4.94. The lowest BCUT2D eigenvalue weighted by molar-refractivity contribution is -0.117. The van der Waals surface area contributed by atoms with Gasteiger partial charge in [0.05, 0.1) is 23.1 Å². The van der Waals surface area contributed by atoms with Crippen molar-refractivity contribution in [1.29, 1.82) is 0 Å². The first kappa shape index (κ1) is 18.0. The first-order valence-corrected chi connectivity index (χ1v) is 9.37. The summed E-state index contributed by atoms with van der Waals surface area (Å²) in [4.78, 5) is 23.1. The number of imidazole rings is 1. The highest BCUT2D eigenvalue weighted by molar-refractivity contribution is 9.10. The van der Waals surface area contributed by atoms with Gasteiger partial charge in [0.15, 0.2) is 0 Å². The number of anilines is 4. The summed E-state index contributed by atoms with van der Waals surface area (Å²) in [5.74, 6) is 0.261. The molecule has 0 bridgehead atoms. The van der Waals surface area contributed by atoms with Gasteiger partial charge in [0.2, 0.25) is 11.9 Å². The van der Waals surface area contributed by atoms with Crippen LogP contribution in [0.5, 0.6) is 0 Å². The average Bonchev–Trinajstić information content (AvgIpc) is 3.05. The first-order chi connectivity index (χ1) is 13.5. The van der Waals surface area contributed by atoms with Crippen molar-refractivity contribution >= 4 is 55.9 Å². The third-order valence-corrected chi connectivity index (χ3v) is 4.58. The van der Waals surface area contributed by atoms with Crippen LogP contribution in [0, 0.1) is 0 Å². The predicted octanol–water partition coefficient (Wildman–Crippen LogP) is 4.24. The van der Waals surface area contributed by atoms with Gasteiger partial charge in [0.25, 0.3) is 0 Å². The molecule has 0 saturated heterocycles. The molecule has 2 heterocycles. The fourth-order valence-electron chi connectivity index (χ4n) is 2.81. The monoisotopic (exact) mass is 436 g/mol. The molecule has 0 saturated carbocycles. The second kappa shape index (κ2) is 7.69. The number of nitrogens with one attached hydrogen (secondary N) is 3. The Bertz CT molecular complexity index is 1140. The molecule has 0 spiro atoms. The molecule has 7 nitrogen and oxygen atoms in total. The van der Waals surface area contributed by atoms with Gasteiger partial charge in [-0.1, -0.05) is 15.9 Å². The Morgan fingerprint density at radius 3 is 2.54 bits per heavy atom. The number of carbonyl (C=O) groups is 1. The molecule has 0 aliphatic rings. The molecule has 4 aromatic rings. The fraction of sp³-hybridized carbons (Fsp3) is 0.0500. The van der Waals surface area contributed by atoms with E-state index in [0.717, 1.165) is 32.6 Å². The number of amides is 1. The van der Waals surface area contributed by atoms with E-state index in [-0.39, 0.29) is 6.42 Å². The number of benzene rings is 2. The quantitative estimate of drug-likeness (QED) is 0.361. The van der Waals surface area contributed by atoms with E-state index in [0.29, 0.717) is 11.6 Å². The lowest BCUT2D eigenvalue weighted by Gasteiger charge is -2.07. The molecule has 140 valence electrons. The number of pyridine rings is 1. The van der Waals surface area contributed by atoms with E-state index >= 15 is 0 Å². The Labute approximate surface area is 169 Å². The summed E-state index contributed by atoms with van der Waals surface area (Å²) < 4.78 is 1.02. The minimum atomic E-state index is -0.408. The largest absolute Gasteiger partial charge is 0.369 e. The van der Waals surface area contributed by atoms with Crippen molar-refractivity contribution in [2.75, 3.05) is 10.6 Å². The van der Waals surface area contributed by atoms with E-state index in [9.17, 15) is 4.79 Å². The SMILES string of the molecule is NC(=O)Cc1cc(Nc2ccc3nc(Nc4ccc(Br)cc4)[nH]c3c2)ccn1. The Morgan fingerprint density at radius 2 is 1.75 bits per heavy atom. The first-order valence-electron chi connectivity index (χ1n) is 8.58. The van der Waals surface area contributed by atoms with Crippen molar-refractivity contribution in [3.8, 4) is 0 Å². The molecule has 5 N–H and O–H groups in total. The highest BCUT2D eigenvalue weighted by Gasteiger charge is 2.06. The molecule has 28 heavy (non-hydrogen) atoms. The van der Waals surface area contributed by atoms with Crippen molar-refractivity contribution in [3.05, 3.63) is 71.0 Å². The number of rotatable bonds is 6. The zero-order valence-electron chi connectivity index (χ0n) is 14.7. The van der Waals surface area contributed by atoms with Crippen molar-refractivity contribution in [3.63, 3.8) is 0 Å². The van der Waals surface area contributed by atoms with Crippen LogP contribution in [0.15, 0.2) is 65.3 Å². The number of nitrogens with two attached hydrogens (primary N) is 1. The zero-order chi connectivity index (χ0) is 19.5. The van der Waals surface area contributed by atoms with Gasteiger partial charge >= 0.3 is 0 Å². The second-order valence-corrected chi connectivity index (χ2v) is 7.17. The molecule has 2 aromatic heterocycles. The number of nitrogens with zero attached hydrogens (tertiary/aromatic N) is 2. The summed E-state index contributed by atoms with van der Waals surface area (Å²) in [5, 5.41) is 6.56. The topological polar surface area (TPSA) is 109 Å². The van der Waals surface area contributed by atoms with Crippen LogP contribution in [-0.2, 0) is 11.2 Å². The highest BCUT2D eigenvalue weighted by atomic mass is 79.9. The molecule has 0 aliphatic heterocycles. The number of hydrogen-bond donors (Lipinski definition) is 4. The van der Waals surface area contributed by atoms with Crippen molar-refractivity contribution in [2.45, 2.75) is 6.42 Å². The summed E-state index contributed by atoms with van der Waals surface area (Å²) in [7, 11) is 0. The standard InChI is InChI=1S/C20H17BrN6O/c21-12-1-3-13(4-2-12)25-20-26-17-6-5-14(10-18(17)27-20)24-15-7-8-23-16(9-15)11-19(22)28/h1-10H,11H2,(H2,22,28)(H,23,24)(H2,25,26,27). The number of aromatic nitrogens is 3. The molecule has 0 unspecified atom stereocenters. The molecular weight excluding hydrogens is 420 g/mol. The van der Waals surface area contributed by atoms with E-state index in [1.54, 1.807) is 6.20 Å². The van der Waals surface area contributed by atoms with Crippen molar-refractivity contribution < 1.29 is 4.79 Å². The molecule has 0 fully saturated rings. The smallest absolute Gasteiger partial charge is 0.223 e. The van der Waals surface area contributed by atoms with Gasteiger partial charge in [0.1, 0.15) is 0 Å². The molecule has 0 atom stereocenters. The molecule has 0 aliphatic carbocycles. The van der Waals surface area contributed by atoms with E-state index in [1.165, 1.54) is 0 Å². The number of fused-ring (bicyclic) bond motifs is 1. The summed E-state index contributed by atoms with van der Waals surface area (Å²) in [5.41, 5.74) is 10.3. The van der Waals surface area contributed by atoms with E-state index in [2.05, 4.69) is 41.5 Å². The maximum atomic E-state index is 11.1. The van der Waals surface area contributed by atoms with Crippen molar-refractivity contribution in [1.82, 2.24) is 15.0 Å². The van der Waals surface area contributed by atoms with E-state index in [1.807, 2.05) is 54.6 Å². The van der Waals surface area contributed by atoms with Gasteiger partial charge in [-0.05, 0) is 54.6 Å². The Balaban J connectivity index is 1.53. The second-order valence-electron chi connectivity index (χ2n) is 6.25. The van der Waals surface area contributed by atoms with Crippen LogP contribution >= 0.6 is 15.9 Å². The summed E-state index contributed by atoms with van der Waals surface area (Å²) in [6, 6.07) is 17.4. The lowest BCUT2D eigenvalue weighted by Crippen LogP contribution is -2.14. The van der Waals surface area contributed by atoms with Crippen LogP contribution in [0.4, 0.5) is 23.0 Å². The van der Waals surface area contributed by atoms with Gasteiger partial charge in [0, 0.05) is 27.7 Å². The highest BCUT2D eigenvalue weighted by Crippen LogP contribution is 2.24. The maximum Gasteiger partial charge on any atom is 0.223 e. The minimum Gasteiger partial charge on any atom is -0.369 e. The molecule has 1 amide bonds. The normalized spacial score (nSPS) is 10.8. The molecule has 2 aromatic carbocycles. The molecule has 8 heteroatoms. The summed E-state index contributed by atoms with van der Waals surface area (Å²) in [6.07, 6.45) is 1.76. The fourth-order valence-corrected chi connectivity index (χ4v) is 3.08. The van der Waals surface area contributed by atoms with Crippen molar-refractivity contribution in [2.24, 2.45) is 5.73 Å². The molecule has 0 radical (unpaired) electrons. The summed E-state index contributed by atoms with van der Waals surface area (Å²) >= 11 is 3.43. The minimum absolute atomic E-state index is 0.111. The summed E-state index contributed by atoms with van der Waals surface area (Å²) in [6.45, 7) is 0. The number of primary amides is 1. The van der Waals surface area contributed by atoms with Crippen LogP contribution in [-0.4, -0.2) is 20.9 Å². The Hall–Kier alpha value is -3.39. The van der Waals surface area contributed by atoms with Crippen LogP contribution in [0.25, 0.3) is 11.0 Å². The van der Waals surface area contributed by atoms with Gasteiger partial charge in [-0.2, -0.15) is 0 Å². The molecule has 4 rings (SSSR count). The third kappa shape index (κ3) is 4.29. The Morgan fingerprint density at radius 1 is 1.00 bits per heavy atom. The number of hydrogen-bond acceptors (Lipinski definition) is 5. The maximum absolute atomic E-state index is 11.1. The van der Waals surface area contributed by atoms with E-state index in [4.69, 9.17) is 5.73 Å². The lowest BCUT2D eigenvalue weighted by atomic mass is 10.2. The van der Waals surface area contributed by atoms with E-state index < -0.39 is 5.91 Å². The number of aromatic amines is 1. The third-order valence-electron chi connectivity index (χ3n) is 4.05. The zero-order valence-corrected chi connectivity index (χ0v) is 16.3. The molecular formula is C20H17BrN6O. The van der Waals surface area contributed by atoms with Crippen LogP contribution in [0.1, 0.15) is 5.69 Å². The van der Waals surface area contributed by atoms with Gasteiger partial charge in [-0.25, -0.2) is 4.98 Å². The predicted molar refractivity (Wildman–Crippen MR) is 114 cm³/mol. The van der Waals surface area contributed by atoms with Crippen LogP contribution in [0.2, 0.25) is 0 Å². The van der Waals surface area contributed by atoms with Crippen LogP contribution < -0.4 is 16.4 Å². The van der Waals surface area contributed by atoms with Gasteiger partial charge < -0.3 is 21.4 Å². The average molecular weight is 437 g/mol. The van der Waals surface area contributed by atoms with Gasteiger partial charge in [-0.3, -0.25) is 9.78 Å². The number of carbonyl (C=O) groups excluding carboxylic acids is 1. The number of halogens is 1.